The molecule has 0 bridgehead atoms. The zero-order chi connectivity index (χ0) is 18.1. The van der Waals surface area contributed by atoms with Gasteiger partial charge in [0.2, 0.25) is 5.91 Å². The molecule has 1 aliphatic heterocycles. The largest absolute Gasteiger partial charge is 0.357 e. The van der Waals surface area contributed by atoms with Crippen LogP contribution in [0.2, 0.25) is 0 Å². The Balaban J connectivity index is 0.00000338. The van der Waals surface area contributed by atoms with Crippen molar-refractivity contribution in [1.29, 1.82) is 0 Å². The standard InChI is InChI=1S/C20H38N4O.HI/c1-4-16(5-2)14-22-20(21-6-3)23-18-12-13-24(15-18)19(25)17-10-8-7-9-11-17;/h16-18H,4-15H2,1-3H3,(H2,21,22,23);1H. The Morgan fingerprint density at radius 1 is 1.12 bits per heavy atom. The minimum atomic E-state index is 0. The first-order valence-electron chi connectivity index (χ1n) is 10.5. The van der Waals surface area contributed by atoms with Crippen LogP contribution in [-0.2, 0) is 4.79 Å². The minimum absolute atomic E-state index is 0. The van der Waals surface area contributed by atoms with Gasteiger partial charge in [-0.15, -0.1) is 24.0 Å². The van der Waals surface area contributed by atoms with Crippen molar-refractivity contribution in [2.24, 2.45) is 16.8 Å². The van der Waals surface area contributed by atoms with Crippen LogP contribution in [0.4, 0.5) is 0 Å². The fourth-order valence-electron chi connectivity index (χ4n) is 3.97. The van der Waals surface area contributed by atoms with E-state index in [0.717, 1.165) is 51.4 Å². The number of nitrogens with zero attached hydrogens (tertiary/aromatic N) is 2. The third-order valence-electron chi connectivity index (χ3n) is 5.80. The van der Waals surface area contributed by atoms with E-state index in [1.165, 1.54) is 32.1 Å². The smallest absolute Gasteiger partial charge is 0.225 e. The fourth-order valence-corrected chi connectivity index (χ4v) is 3.97. The number of nitrogens with one attached hydrogen (secondary N) is 2. The second-order valence-corrected chi connectivity index (χ2v) is 7.65. The van der Waals surface area contributed by atoms with Crippen LogP contribution in [0.1, 0.15) is 72.1 Å². The van der Waals surface area contributed by atoms with Crippen LogP contribution < -0.4 is 10.6 Å². The molecule has 1 unspecified atom stereocenters. The molecule has 152 valence electrons. The van der Waals surface area contributed by atoms with Gasteiger partial charge in [0.05, 0.1) is 0 Å². The van der Waals surface area contributed by atoms with Crippen molar-refractivity contribution in [3.63, 3.8) is 0 Å². The highest BCUT2D eigenvalue weighted by Gasteiger charge is 2.31. The first-order chi connectivity index (χ1) is 12.2. The number of carbonyl (C=O) groups is 1. The molecular formula is C20H39IN4O. The zero-order valence-corrected chi connectivity index (χ0v) is 19.3. The molecule has 1 aliphatic carbocycles. The first-order valence-corrected chi connectivity index (χ1v) is 10.5. The normalized spacial score (nSPS) is 21.6. The van der Waals surface area contributed by atoms with Gasteiger partial charge in [-0.2, -0.15) is 0 Å². The van der Waals surface area contributed by atoms with Gasteiger partial charge in [-0.1, -0.05) is 46.0 Å². The van der Waals surface area contributed by atoms with Crippen molar-refractivity contribution in [3.05, 3.63) is 0 Å². The molecule has 6 heteroatoms. The molecule has 2 rings (SSSR count). The van der Waals surface area contributed by atoms with Gasteiger partial charge in [-0.05, 0) is 32.1 Å². The minimum Gasteiger partial charge on any atom is -0.357 e. The third-order valence-corrected chi connectivity index (χ3v) is 5.80. The van der Waals surface area contributed by atoms with E-state index in [-0.39, 0.29) is 29.9 Å². The molecule has 0 spiro atoms. The Morgan fingerprint density at radius 3 is 2.42 bits per heavy atom. The van der Waals surface area contributed by atoms with Gasteiger partial charge in [0, 0.05) is 38.1 Å². The molecule has 5 nitrogen and oxygen atoms in total. The van der Waals surface area contributed by atoms with Crippen LogP contribution in [0.25, 0.3) is 0 Å². The highest BCUT2D eigenvalue weighted by Crippen LogP contribution is 2.26. The molecule has 1 saturated heterocycles. The number of hydrogen-bond acceptors (Lipinski definition) is 2. The first kappa shape index (κ1) is 23.5. The van der Waals surface area contributed by atoms with Gasteiger partial charge in [0.1, 0.15) is 0 Å². The third kappa shape index (κ3) is 7.24. The van der Waals surface area contributed by atoms with Crippen LogP contribution >= 0.6 is 24.0 Å². The highest BCUT2D eigenvalue weighted by molar-refractivity contribution is 14.0. The van der Waals surface area contributed by atoms with Crippen molar-refractivity contribution < 1.29 is 4.79 Å². The molecule has 1 saturated carbocycles. The molecule has 2 N–H and O–H groups in total. The lowest BCUT2D eigenvalue weighted by atomic mass is 9.88. The van der Waals surface area contributed by atoms with E-state index < -0.39 is 0 Å². The van der Waals surface area contributed by atoms with Gasteiger partial charge >= 0.3 is 0 Å². The van der Waals surface area contributed by atoms with Gasteiger partial charge < -0.3 is 15.5 Å². The summed E-state index contributed by atoms with van der Waals surface area (Å²) in [6.45, 7) is 10.0. The Hall–Kier alpha value is -0.530. The SMILES string of the molecule is CCNC(=NCC(CC)CC)NC1CCN(C(=O)C2CCCCC2)C1.I. The van der Waals surface area contributed by atoms with Crippen LogP contribution in [0.15, 0.2) is 4.99 Å². The molecule has 26 heavy (non-hydrogen) atoms. The van der Waals surface area contributed by atoms with E-state index in [0.29, 0.717) is 17.9 Å². The number of rotatable bonds is 7. The van der Waals surface area contributed by atoms with Gasteiger partial charge in [0.15, 0.2) is 5.96 Å². The number of likely N-dealkylation sites (tertiary alicyclic amines) is 1. The maximum atomic E-state index is 12.7. The molecule has 0 aromatic rings. The van der Waals surface area contributed by atoms with Crippen molar-refractivity contribution in [1.82, 2.24) is 15.5 Å². The number of halogens is 1. The van der Waals surface area contributed by atoms with Gasteiger partial charge in [0.25, 0.3) is 0 Å². The molecule has 2 aliphatic rings. The second kappa shape index (κ2) is 12.8. The molecule has 1 atom stereocenters. The highest BCUT2D eigenvalue weighted by atomic mass is 127. The summed E-state index contributed by atoms with van der Waals surface area (Å²) in [6.07, 6.45) is 9.29. The van der Waals surface area contributed by atoms with Crippen molar-refractivity contribution in [2.75, 3.05) is 26.2 Å². The van der Waals surface area contributed by atoms with Crippen LogP contribution in [0.5, 0.6) is 0 Å². The van der Waals surface area contributed by atoms with Gasteiger partial charge in [-0.25, -0.2) is 0 Å². The van der Waals surface area contributed by atoms with Crippen molar-refractivity contribution in [3.8, 4) is 0 Å². The monoisotopic (exact) mass is 478 g/mol. The number of hydrogen-bond donors (Lipinski definition) is 2. The number of guanidine groups is 1. The summed E-state index contributed by atoms with van der Waals surface area (Å²) in [5, 5.41) is 6.91. The maximum Gasteiger partial charge on any atom is 0.225 e. The van der Waals surface area contributed by atoms with E-state index in [2.05, 4.69) is 36.3 Å². The Kier molecular flexibility index (Phi) is 11.6. The summed E-state index contributed by atoms with van der Waals surface area (Å²) in [4.78, 5) is 19.6. The molecule has 0 aromatic carbocycles. The lowest BCUT2D eigenvalue weighted by molar-refractivity contribution is -0.135. The Labute approximate surface area is 177 Å². The van der Waals surface area contributed by atoms with E-state index in [1.807, 2.05) is 0 Å². The zero-order valence-electron chi connectivity index (χ0n) is 16.9. The summed E-state index contributed by atoms with van der Waals surface area (Å²) in [5.74, 6) is 2.24. The summed E-state index contributed by atoms with van der Waals surface area (Å²) in [6, 6.07) is 0.326. The Morgan fingerprint density at radius 2 is 1.81 bits per heavy atom. The van der Waals surface area contributed by atoms with Crippen LogP contribution in [0, 0.1) is 11.8 Å². The molecule has 2 fully saturated rings. The molecule has 1 heterocycles. The topological polar surface area (TPSA) is 56.7 Å². The van der Waals surface area contributed by atoms with E-state index in [9.17, 15) is 4.79 Å². The van der Waals surface area contributed by atoms with Crippen LogP contribution in [-0.4, -0.2) is 49.0 Å². The number of carbonyl (C=O) groups excluding carboxylic acids is 1. The summed E-state index contributed by atoms with van der Waals surface area (Å²) >= 11 is 0. The summed E-state index contributed by atoms with van der Waals surface area (Å²) in [7, 11) is 0. The van der Waals surface area contributed by atoms with Gasteiger partial charge in [-0.3, -0.25) is 9.79 Å². The molecule has 1 amide bonds. The summed E-state index contributed by atoms with van der Waals surface area (Å²) < 4.78 is 0. The average molecular weight is 478 g/mol. The average Bonchev–Trinajstić information content (AvgIpc) is 3.11. The number of aliphatic imine (C=N–C) groups is 1. The predicted molar refractivity (Wildman–Crippen MR) is 120 cm³/mol. The second-order valence-electron chi connectivity index (χ2n) is 7.65. The van der Waals surface area contributed by atoms with E-state index >= 15 is 0 Å². The fraction of sp³-hybridized carbons (Fsp3) is 0.900. The summed E-state index contributed by atoms with van der Waals surface area (Å²) in [5.41, 5.74) is 0. The quantitative estimate of drug-likeness (QED) is 0.333. The molecule has 0 aromatic heterocycles. The lowest BCUT2D eigenvalue weighted by Crippen LogP contribution is -2.45. The molecular weight excluding hydrogens is 439 g/mol. The van der Waals surface area contributed by atoms with Crippen LogP contribution in [0.3, 0.4) is 0 Å². The predicted octanol–water partition coefficient (Wildman–Crippen LogP) is 3.78. The van der Waals surface area contributed by atoms with E-state index in [1.54, 1.807) is 0 Å². The van der Waals surface area contributed by atoms with Crippen molar-refractivity contribution >= 4 is 35.8 Å². The lowest BCUT2D eigenvalue weighted by Gasteiger charge is -2.26. The Bertz CT molecular complexity index is 434. The van der Waals surface area contributed by atoms with Crippen molar-refractivity contribution in [2.45, 2.75) is 78.2 Å². The van der Waals surface area contributed by atoms with E-state index in [4.69, 9.17) is 4.99 Å². The maximum absolute atomic E-state index is 12.7. The number of amides is 1. The molecule has 0 radical (unpaired) electrons.